The number of carbonyl (C=O) groups is 1. The molecule has 3 N–H and O–H groups in total. The van der Waals surface area contributed by atoms with Crippen LogP contribution in [0.25, 0.3) is 0 Å². The summed E-state index contributed by atoms with van der Waals surface area (Å²) in [5.74, 6) is 0.0602. The van der Waals surface area contributed by atoms with E-state index in [0.717, 1.165) is 31.2 Å². The van der Waals surface area contributed by atoms with Crippen molar-refractivity contribution < 1.29 is 9.18 Å². The van der Waals surface area contributed by atoms with Crippen molar-refractivity contribution in [3.8, 4) is 0 Å². The second-order valence-electron chi connectivity index (χ2n) is 8.08. The summed E-state index contributed by atoms with van der Waals surface area (Å²) < 4.78 is 13.3. The van der Waals surface area contributed by atoms with Gasteiger partial charge < -0.3 is 20.9 Å². The van der Waals surface area contributed by atoms with Crippen molar-refractivity contribution in [1.82, 2.24) is 10.3 Å². The summed E-state index contributed by atoms with van der Waals surface area (Å²) in [4.78, 5) is 20.8. The van der Waals surface area contributed by atoms with Crippen LogP contribution in [0, 0.1) is 13.8 Å². The van der Waals surface area contributed by atoms with Gasteiger partial charge in [-0.25, -0.2) is 9.37 Å². The van der Waals surface area contributed by atoms with Crippen LogP contribution >= 0.6 is 11.3 Å². The van der Waals surface area contributed by atoms with Gasteiger partial charge in [-0.2, -0.15) is 0 Å². The van der Waals surface area contributed by atoms with Crippen LogP contribution < -0.4 is 20.9 Å². The van der Waals surface area contributed by atoms with Crippen molar-refractivity contribution >= 4 is 34.3 Å². The number of rotatable bonds is 5. The fourth-order valence-electron chi connectivity index (χ4n) is 3.49. The predicted octanol–water partition coefficient (Wildman–Crippen LogP) is 6.47. The second-order valence-corrected chi connectivity index (χ2v) is 9.29. The summed E-state index contributed by atoms with van der Waals surface area (Å²) in [7, 11) is 1.64. The van der Waals surface area contributed by atoms with E-state index in [1.807, 2.05) is 27.7 Å². The van der Waals surface area contributed by atoms with E-state index in [-0.39, 0.29) is 11.6 Å². The van der Waals surface area contributed by atoms with Crippen molar-refractivity contribution in [2.75, 3.05) is 48.8 Å². The van der Waals surface area contributed by atoms with E-state index >= 15 is 0 Å². The average molecular weight is 530 g/mol. The fraction of sp³-hybridized carbons (Fsp3) is 0.448. The molecule has 1 atom stereocenters. The van der Waals surface area contributed by atoms with Crippen LogP contribution in [0.2, 0.25) is 0 Å². The number of thiazole rings is 1. The Morgan fingerprint density at radius 1 is 1.08 bits per heavy atom. The van der Waals surface area contributed by atoms with Gasteiger partial charge in [-0.3, -0.25) is 4.79 Å². The van der Waals surface area contributed by atoms with Gasteiger partial charge in [0.2, 0.25) is 5.78 Å². The minimum Gasteiger partial charge on any atom is -0.382 e. The molecule has 0 aliphatic carbocycles. The van der Waals surface area contributed by atoms with E-state index in [1.54, 1.807) is 38.2 Å². The number of nitrogens with two attached hydrogens (primary N) is 1. The molecule has 0 radical (unpaired) electrons. The Kier molecular flexibility index (Phi) is 14.5. The normalized spacial score (nSPS) is 13.1. The maximum atomic E-state index is 13.3. The maximum Gasteiger partial charge on any atom is 0.206 e. The Morgan fingerprint density at radius 3 is 2.19 bits per heavy atom. The number of aromatic nitrogens is 1. The zero-order valence-electron chi connectivity index (χ0n) is 23.6. The molecule has 1 unspecified atom stereocenters. The highest BCUT2D eigenvalue weighted by Gasteiger charge is 2.18. The lowest BCUT2D eigenvalue weighted by Gasteiger charge is -2.29. The Labute approximate surface area is 226 Å². The van der Waals surface area contributed by atoms with Crippen LogP contribution in [0.5, 0.6) is 0 Å². The fourth-order valence-corrected chi connectivity index (χ4v) is 4.29. The molecule has 1 aliphatic rings. The van der Waals surface area contributed by atoms with Crippen LogP contribution in [0.1, 0.15) is 60.4 Å². The smallest absolute Gasteiger partial charge is 0.206 e. The molecule has 4 rings (SSSR count). The quantitative estimate of drug-likeness (QED) is 0.291. The van der Waals surface area contributed by atoms with Crippen LogP contribution in [-0.2, 0) is 0 Å². The number of nitrogens with one attached hydrogen (secondary N) is 1. The molecule has 37 heavy (non-hydrogen) atoms. The molecule has 0 amide bonds. The number of nitrogens with zero attached hydrogens (tertiary/aromatic N) is 3. The first-order valence-corrected chi connectivity index (χ1v) is 13.8. The second kappa shape index (κ2) is 16.7. The number of nitrogen functional groups attached to an aromatic ring is 1. The van der Waals surface area contributed by atoms with Crippen molar-refractivity contribution in [2.45, 2.75) is 54.8 Å². The summed E-state index contributed by atoms with van der Waals surface area (Å²) in [6.45, 7) is 17.8. The largest absolute Gasteiger partial charge is 0.382 e. The van der Waals surface area contributed by atoms with Gasteiger partial charge >= 0.3 is 0 Å². The van der Waals surface area contributed by atoms with Crippen LogP contribution in [-0.4, -0.2) is 50.3 Å². The summed E-state index contributed by atoms with van der Waals surface area (Å²) in [6, 6.07) is 15.6. The summed E-state index contributed by atoms with van der Waals surface area (Å²) in [5.41, 5.74) is 9.54. The van der Waals surface area contributed by atoms with Gasteiger partial charge in [0.1, 0.15) is 10.7 Å². The van der Waals surface area contributed by atoms with Gasteiger partial charge in [0.05, 0.1) is 5.01 Å². The lowest BCUT2D eigenvalue weighted by molar-refractivity contribution is 0.104. The molecule has 1 fully saturated rings. The van der Waals surface area contributed by atoms with Crippen LogP contribution in [0.15, 0.2) is 48.5 Å². The molecule has 2 heterocycles. The SMILES string of the molecule is CC.CC.Cc1ccc(N2CCNCC2)cc1.Cc1nc(N)c(C(=O)c2cccc(N(C)C(C)F)c2)s1. The first-order chi connectivity index (χ1) is 17.8. The van der Waals surface area contributed by atoms with E-state index in [0.29, 0.717) is 16.1 Å². The van der Waals surface area contributed by atoms with Gasteiger partial charge in [-0.1, -0.05) is 57.5 Å². The first kappa shape index (κ1) is 32.1. The van der Waals surface area contributed by atoms with Crippen molar-refractivity contribution in [1.29, 1.82) is 0 Å². The molecule has 2 aromatic carbocycles. The number of carbonyl (C=O) groups excluding carboxylic acids is 1. The zero-order valence-corrected chi connectivity index (χ0v) is 24.5. The number of hydrogen-bond acceptors (Lipinski definition) is 7. The number of halogens is 1. The molecule has 1 aliphatic heterocycles. The highest BCUT2D eigenvalue weighted by atomic mass is 32.1. The Hall–Kier alpha value is -2.97. The lowest BCUT2D eigenvalue weighted by atomic mass is 10.1. The molecule has 0 saturated carbocycles. The maximum absolute atomic E-state index is 13.3. The third-order valence-electron chi connectivity index (χ3n) is 5.53. The molecule has 1 aromatic heterocycles. The number of benzene rings is 2. The minimum atomic E-state index is -1.13. The average Bonchev–Trinajstić information content (AvgIpc) is 3.28. The standard InChI is InChI=1S/C14H16FN3OS.C11H16N2.2C2H6/c1-8(15)18(3)11-6-4-5-10(7-11)12(19)13-14(16)17-9(2)20-13;1-10-2-4-11(5-3-10)13-8-6-12-7-9-13;2*1-2/h4-8H,16H2,1-3H3;2-5,12H,6-9H2,1H3;2*1-2H3. The third kappa shape index (κ3) is 9.78. The van der Waals surface area contributed by atoms with Gasteiger partial charge in [0.15, 0.2) is 6.30 Å². The molecule has 0 spiro atoms. The Balaban J connectivity index is 0.000000347. The van der Waals surface area contributed by atoms with Crippen molar-refractivity contribution in [3.63, 3.8) is 0 Å². The molecule has 3 aromatic rings. The number of ketones is 1. The predicted molar refractivity (Wildman–Crippen MR) is 159 cm³/mol. The van der Waals surface area contributed by atoms with E-state index in [1.165, 1.54) is 34.4 Å². The monoisotopic (exact) mass is 529 g/mol. The number of piperazine rings is 1. The van der Waals surface area contributed by atoms with E-state index in [9.17, 15) is 9.18 Å². The van der Waals surface area contributed by atoms with E-state index in [4.69, 9.17) is 5.73 Å². The van der Waals surface area contributed by atoms with Crippen LogP contribution in [0.4, 0.5) is 21.6 Å². The van der Waals surface area contributed by atoms with Crippen molar-refractivity contribution in [3.05, 3.63) is 69.5 Å². The molecule has 8 heteroatoms. The summed E-state index contributed by atoms with van der Waals surface area (Å²) in [6.07, 6.45) is -1.13. The van der Waals surface area contributed by atoms with E-state index < -0.39 is 6.30 Å². The molecule has 0 bridgehead atoms. The highest BCUT2D eigenvalue weighted by Crippen LogP contribution is 2.25. The van der Waals surface area contributed by atoms with Gasteiger partial charge in [-0.05, 0) is 45.0 Å². The topological polar surface area (TPSA) is 74.5 Å². The zero-order chi connectivity index (χ0) is 28.0. The molecular formula is C29H44FN5OS. The van der Waals surface area contributed by atoms with Crippen LogP contribution in [0.3, 0.4) is 0 Å². The lowest BCUT2D eigenvalue weighted by Crippen LogP contribution is -2.43. The molecule has 1 saturated heterocycles. The molecule has 204 valence electrons. The van der Waals surface area contributed by atoms with Gasteiger partial charge in [0, 0.05) is 50.2 Å². The molecular weight excluding hydrogens is 485 g/mol. The minimum absolute atomic E-state index is 0.185. The third-order valence-corrected chi connectivity index (χ3v) is 6.52. The first-order valence-electron chi connectivity index (χ1n) is 13.0. The van der Waals surface area contributed by atoms with Gasteiger partial charge in [-0.15, -0.1) is 11.3 Å². The molecule has 6 nitrogen and oxygen atoms in total. The number of alkyl halides is 1. The van der Waals surface area contributed by atoms with Gasteiger partial charge in [0.25, 0.3) is 0 Å². The Morgan fingerprint density at radius 2 is 1.68 bits per heavy atom. The highest BCUT2D eigenvalue weighted by molar-refractivity contribution is 7.14. The van der Waals surface area contributed by atoms with Crippen molar-refractivity contribution in [2.24, 2.45) is 0 Å². The number of hydrogen-bond donors (Lipinski definition) is 2. The Bertz CT molecular complexity index is 1060. The van der Waals surface area contributed by atoms with E-state index in [2.05, 4.69) is 46.4 Å². The summed E-state index contributed by atoms with van der Waals surface area (Å²) in [5, 5.41) is 4.10. The summed E-state index contributed by atoms with van der Waals surface area (Å²) >= 11 is 1.26. The number of anilines is 3. The number of aryl methyl sites for hydroxylation is 2.